The standard InChI is InChI=1S/C30H25F3N4O2/c1-18-34-27-24-4-2-3-5-25(24)39-28(27)29(35-18)37-15-14-19(17-37)16-26(38)36-23-12-8-21(9-13-23)20-6-10-22(11-7-20)30(31,32)33/h2-13,19H,14-17H2,1H3,(H,36,38)/t19-/m1/s1. The van der Waals surface area contributed by atoms with Crippen LogP contribution >= 0.6 is 0 Å². The largest absolute Gasteiger partial charge is 0.450 e. The summed E-state index contributed by atoms with van der Waals surface area (Å²) in [5, 5.41) is 3.89. The lowest BCUT2D eigenvalue weighted by atomic mass is 10.0. The molecule has 2 aromatic heterocycles. The minimum Gasteiger partial charge on any atom is -0.450 e. The molecule has 6 rings (SSSR count). The van der Waals surface area contributed by atoms with Crippen LogP contribution in [0, 0.1) is 12.8 Å². The van der Waals surface area contributed by atoms with Gasteiger partial charge in [-0.25, -0.2) is 9.97 Å². The first-order valence-corrected chi connectivity index (χ1v) is 12.7. The minimum atomic E-state index is -4.36. The molecule has 1 fully saturated rings. The first kappa shape index (κ1) is 24.9. The van der Waals surface area contributed by atoms with E-state index in [4.69, 9.17) is 4.42 Å². The number of aryl methyl sites for hydroxylation is 1. The molecule has 0 unspecified atom stereocenters. The van der Waals surface area contributed by atoms with E-state index in [1.54, 1.807) is 24.3 Å². The second kappa shape index (κ2) is 9.72. The lowest BCUT2D eigenvalue weighted by Gasteiger charge is -2.18. The van der Waals surface area contributed by atoms with Crippen LogP contribution in [0.1, 0.15) is 24.2 Å². The van der Waals surface area contributed by atoms with Gasteiger partial charge < -0.3 is 14.6 Å². The average molecular weight is 531 g/mol. The molecule has 0 bridgehead atoms. The average Bonchev–Trinajstić information content (AvgIpc) is 3.53. The minimum absolute atomic E-state index is 0.0862. The normalized spacial score (nSPS) is 15.8. The molecule has 0 spiro atoms. The maximum Gasteiger partial charge on any atom is 0.416 e. The Kier molecular flexibility index (Phi) is 6.21. The number of amides is 1. The predicted molar refractivity (Wildman–Crippen MR) is 144 cm³/mol. The molecule has 0 radical (unpaired) electrons. The van der Waals surface area contributed by atoms with E-state index >= 15 is 0 Å². The summed E-state index contributed by atoms with van der Waals surface area (Å²) in [4.78, 5) is 24.2. The van der Waals surface area contributed by atoms with Crippen LogP contribution in [0.25, 0.3) is 33.2 Å². The maximum atomic E-state index is 12.8. The first-order valence-electron chi connectivity index (χ1n) is 12.7. The van der Waals surface area contributed by atoms with E-state index in [1.807, 2.05) is 31.2 Å². The molecule has 1 amide bonds. The van der Waals surface area contributed by atoms with Crippen molar-refractivity contribution >= 4 is 39.5 Å². The maximum absolute atomic E-state index is 12.8. The topological polar surface area (TPSA) is 71.3 Å². The zero-order valence-electron chi connectivity index (χ0n) is 21.1. The third kappa shape index (κ3) is 5.04. The highest BCUT2D eigenvalue weighted by Crippen LogP contribution is 2.35. The van der Waals surface area contributed by atoms with Crippen LogP contribution in [0.15, 0.2) is 77.2 Å². The number of fused-ring (bicyclic) bond motifs is 3. The molecule has 1 aliphatic heterocycles. The van der Waals surface area contributed by atoms with Crippen molar-refractivity contribution in [3.8, 4) is 11.1 Å². The van der Waals surface area contributed by atoms with Crippen LogP contribution in [0.3, 0.4) is 0 Å². The van der Waals surface area contributed by atoms with Crippen LogP contribution in [-0.2, 0) is 11.0 Å². The van der Waals surface area contributed by atoms with Gasteiger partial charge in [-0.05, 0) is 66.8 Å². The highest BCUT2D eigenvalue weighted by atomic mass is 19.4. The van der Waals surface area contributed by atoms with E-state index in [0.717, 1.165) is 53.0 Å². The van der Waals surface area contributed by atoms with Crippen molar-refractivity contribution in [3.63, 3.8) is 0 Å². The molecule has 0 saturated carbocycles. The highest BCUT2D eigenvalue weighted by molar-refractivity contribution is 6.05. The molecule has 9 heteroatoms. The number of furan rings is 1. The van der Waals surface area contributed by atoms with Gasteiger partial charge in [0.05, 0.1) is 5.56 Å². The van der Waals surface area contributed by atoms with Crippen molar-refractivity contribution < 1.29 is 22.4 Å². The third-order valence-corrected chi connectivity index (χ3v) is 7.09. The number of aromatic nitrogens is 2. The Morgan fingerprint density at radius 1 is 1.00 bits per heavy atom. The molecule has 1 saturated heterocycles. The Bertz CT molecular complexity index is 1660. The Balaban J connectivity index is 1.10. The van der Waals surface area contributed by atoms with Crippen LogP contribution in [0.2, 0.25) is 0 Å². The lowest BCUT2D eigenvalue weighted by Crippen LogP contribution is -2.23. The molecule has 6 nitrogen and oxygen atoms in total. The molecule has 198 valence electrons. The molecular formula is C30H25F3N4O2. The number of benzene rings is 3. The third-order valence-electron chi connectivity index (χ3n) is 7.09. The van der Waals surface area contributed by atoms with Gasteiger partial charge in [0.2, 0.25) is 5.91 Å². The van der Waals surface area contributed by atoms with Crippen molar-refractivity contribution in [2.24, 2.45) is 5.92 Å². The molecule has 39 heavy (non-hydrogen) atoms. The molecule has 3 heterocycles. The summed E-state index contributed by atoms with van der Waals surface area (Å²) >= 11 is 0. The summed E-state index contributed by atoms with van der Waals surface area (Å²) in [5.41, 5.74) is 3.64. The second-order valence-corrected chi connectivity index (χ2v) is 9.88. The molecule has 5 aromatic rings. The van der Waals surface area contributed by atoms with Gasteiger partial charge in [-0.15, -0.1) is 0 Å². The van der Waals surface area contributed by atoms with Crippen molar-refractivity contribution in [1.29, 1.82) is 0 Å². The number of rotatable bonds is 5. The number of carbonyl (C=O) groups is 1. The van der Waals surface area contributed by atoms with E-state index in [9.17, 15) is 18.0 Å². The summed E-state index contributed by atoms with van der Waals surface area (Å²) in [6, 6.07) is 19.9. The van der Waals surface area contributed by atoms with Crippen molar-refractivity contribution in [1.82, 2.24) is 9.97 Å². The first-order chi connectivity index (χ1) is 18.7. The number of nitrogens with one attached hydrogen (secondary N) is 1. The Morgan fingerprint density at radius 2 is 1.69 bits per heavy atom. The number of anilines is 2. The van der Waals surface area contributed by atoms with E-state index in [1.165, 1.54) is 12.1 Å². The van der Waals surface area contributed by atoms with Crippen LogP contribution in [-0.4, -0.2) is 29.0 Å². The van der Waals surface area contributed by atoms with Gasteiger partial charge in [0.25, 0.3) is 0 Å². The summed E-state index contributed by atoms with van der Waals surface area (Å²) in [5.74, 6) is 1.50. The van der Waals surface area contributed by atoms with Gasteiger partial charge in [-0.3, -0.25) is 4.79 Å². The van der Waals surface area contributed by atoms with Gasteiger partial charge >= 0.3 is 6.18 Å². The van der Waals surface area contributed by atoms with Gasteiger partial charge in [0.1, 0.15) is 16.9 Å². The van der Waals surface area contributed by atoms with Gasteiger partial charge in [-0.1, -0.05) is 36.4 Å². The molecule has 1 atom stereocenters. The number of carbonyl (C=O) groups excluding carboxylic acids is 1. The number of para-hydroxylation sites is 1. The van der Waals surface area contributed by atoms with Gasteiger partial charge in [0.15, 0.2) is 11.4 Å². The Hall–Kier alpha value is -4.40. The highest BCUT2D eigenvalue weighted by Gasteiger charge is 2.30. The Morgan fingerprint density at radius 3 is 2.41 bits per heavy atom. The predicted octanol–water partition coefficient (Wildman–Crippen LogP) is 7.23. The number of nitrogens with zero attached hydrogens (tertiary/aromatic N) is 3. The monoisotopic (exact) mass is 530 g/mol. The molecular weight excluding hydrogens is 505 g/mol. The van der Waals surface area contributed by atoms with Crippen LogP contribution in [0.5, 0.6) is 0 Å². The Labute approximate surface area is 222 Å². The summed E-state index contributed by atoms with van der Waals surface area (Å²) in [6.45, 7) is 3.32. The quantitative estimate of drug-likeness (QED) is 0.260. The number of hydrogen-bond donors (Lipinski definition) is 1. The molecule has 3 aromatic carbocycles. The van der Waals surface area contributed by atoms with E-state index in [2.05, 4.69) is 20.2 Å². The molecule has 1 aliphatic rings. The van der Waals surface area contributed by atoms with E-state index in [0.29, 0.717) is 35.6 Å². The lowest BCUT2D eigenvalue weighted by molar-refractivity contribution is -0.137. The zero-order chi connectivity index (χ0) is 27.1. The number of hydrogen-bond acceptors (Lipinski definition) is 5. The fourth-order valence-corrected chi connectivity index (χ4v) is 5.16. The van der Waals surface area contributed by atoms with Crippen molar-refractivity contribution in [2.75, 3.05) is 23.3 Å². The van der Waals surface area contributed by atoms with E-state index in [-0.39, 0.29) is 11.8 Å². The summed E-state index contributed by atoms with van der Waals surface area (Å²) < 4.78 is 44.6. The second-order valence-electron chi connectivity index (χ2n) is 9.88. The fourth-order valence-electron chi connectivity index (χ4n) is 5.16. The fraction of sp³-hybridized carbons (Fsp3) is 0.233. The van der Waals surface area contributed by atoms with Crippen LogP contribution < -0.4 is 10.2 Å². The smallest absolute Gasteiger partial charge is 0.416 e. The van der Waals surface area contributed by atoms with Crippen molar-refractivity contribution in [2.45, 2.75) is 25.9 Å². The van der Waals surface area contributed by atoms with Gasteiger partial charge in [-0.2, -0.15) is 13.2 Å². The zero-order valence-corrected chi connectivity index (χ0v) is 21.1. The SMILES string of the molecule is Cc1nc(N2CC[C@H](CC(=O)Nc3ccc(-c4ccc(C(F)(F)F)cc4)cc3)C2)c2oc3ccccc3c2n1. The van der Waals surface area contributed by atoms with Crippen LogP contribution in [0.4, 0.5) is 24.7 Å². The molecule has 0 aliphatic carbocycles. The summed E-state index contributed by atoms with van der Waals surface area (Å²) in [6.07, 6.45) is -3.15. The number of alkyl halides is 3. The van der Waals surface area contributed by atoms with Crippen molar-refractivity contribution in [3.05, 3.63) is 84.2 Å². The summed E-state index contributed by atoms with van der Waals surface area (Å²) in [7, 11) is 0. The van der Waals surface area contributed by atoms with E-state index < -0.39 is 11.7 Å². The number of halogens is 3. The van der Waals surface area contributed by atoms with Gasteiger partial charge in [0, 0.05) is 30.6 Å². The molecule has 1 N–H and O–H groups in total.